The zero-order valence-electron chi connectivity index (χ0n) is 10.8. The average molecular weight is 267 g/mol. The van der Waals surface area contributed by atoms with Crippen molar-refractivity contribution >= 4 is 11.8 Å². The van der Waals surface area contributed by atoms with Crippen LogP contribution in [-0.2, 0) is 11.3 Å². The standard InChI is InChI=1S/C14H21NO2S/c1-17-9-13(16)10-18-14-4-2-3-11(7-14)8-15-12-5-6-12/h2-4,7,12-13,15-16H,5-6,8-10H2,1H3. The van der Waals surface area contributed by atoms with Crippen LogP contribution in [0.15, 0.2) is 29.2 Å². The molecule has 1 fully saturated rings. The molecule has 0 spiro atoms. The predicted octanol–water partition coefficient (Wildman–Crippen LogP) is 2.04. The Morgan fingerprint density at radius 1 is 1.50 bits per heavy atom. The second-order valence-corrected chi connectivity index (χ2v) is 5.82. The molecule has 0 heterocycles. The zero-order chi connectivity index (χ0) is 12.8. The molecule has 0 aromatic heterocycles. The predicted molar refractivity (Wildman–Crippen MR) is 74.9 cm³/mol. The molecule has 1 atom stereocenters. The second-order valence-electron chi connectivity index (χ2n) is 4.72. The topological polar surface area (TPSA) is 41.5 Å². The SMILES string of the molecule is COCC(O)CSc1cccc(CNC2CC2)c1. The summed E-state index contributed by atoms with van der Waals surface area (Å²) in [5, 5.41) is 13.1. The van der Waals surface area contributed by atoms with Crippen LogP contribution in [0.25, 0.3) is 0 Å². The van der Waals surface area contributed by atoms with Crippen molar-refractivity contribution in [3.05, 3.63) is 29.8 Å². The molecule has 0 saturated heterocycles. The first-order valence-corrected chi connectivity index (χ1v) is 7.38. The van der Waals surface area contributed by atoms with Crippen molar-refractivity contribution in [2.24, 2.45) is 0 Å². The van der Waals surface area contributed by atoms with Crippen molar-refractivity contribution in [1.82, 2.24) is 5.32 Å². The molecular formula is C14H21NO2S. The fourth-order valence-electron chi connectivity index (χ4n) is 1.73. The van der Waals surface area contributed by atoms with Crippen molar-refractivity contribution in [2.45, 2.75) is 36.4 Å². The molecule has 100 valence electrons. The number of aliphatic hydroxyl groups excluding tert-OH is 1. The fraction of sp³-hybridized carbons (Fsp3) is 0.571. The number of thioether (sulfide) groups is 1. The van der Waals surface area contributed by atoms with Crippen molar-refractivity contribution in [2.75, 3.05) is 19.5 Å². The molecule has 0 aliphatic heterocycles. The van der Waals surface area contributed by atoms with Crippen molar-refractivity contribution in [3.63, 3.8) is 0 Å². The van der Waals surface area contributed by atoms with Crippen LogP contribution in [0.3, 0.4) is 0 Å². The van der Waals surface area contributed by atoms with Crippen molar-refractivity contribution in [3.8, 4) is 0 Å². The molecule has 1 aromatic carbocycles. The highest BCUT2D eigenvalue weighted by Gasteiger charge is 2.19. The Labute approximate surface area is 113 Å². The Bertz CT molecular complexity index is 369. The van der Waals surface area contributed by atoms with E-state index >= 15 is 0 Å². The van der Waals surface area contributed by atoms with Gasteiger partial charge < -0.3 is 15.2 Å². The van der Waals surface area contributed by atoms with Gasteiger partial charge in [0, 0.05) is 30.3 Å². The molecular weight excluding hydrogens is 246 g/mol. The van der Waals surface area contributed by atoms with Gasteiger partial charge in [0.1, 0.15) is 0 Å². The molecule has 0 amide bonds. The normalized spacial score (nSPS) is 16.8. The van der Waals surface area contributed by atoms with E-state index in [1.165, 1.54) is 23.3 Å². The summed E-state index contributed by atoms with van der Waals surface area (Å²) >= 11 is 1.67. The van der Waals surface area contributed by atoms with Gasteiger partial charge in [0.25, 0.3) is 0 Å². The second kappa shape index (κ2) is 7.14. The average Bonchev–Trinajstić information content (AvgIpc) is 3.19. The van der Waals surface area contributed by atoms with E-state index in [-0.39, 0.29) is 0 Å². The fourth-order valence-corrected chi connectivity index (χ4v) is 2.62. The lowest BCUT2D eigenvalue weighted by atomic mass is 10.2. The third-order valence-electron chi connectivity index (χ3n) is 2.87. The summed E-state index contributed by atoms with van der Waals surface area (Å²) in [5.41, 5.74) is 1.31. The molecule has 1 aromatic rings. The lowest BCUT2D eigenvalue weighted by Crippen LogP contribution is -2.16. The minimum Gasteiger partial charge on any atom is -0.390 e. The molecule has 2 rings (SSSR count). The summed E-state index contributed by atoms with van der Waals surface area (Å²) < 4.78 is 4.91. The van der Waals surface area contributed by atoms with E-state index in [0.29, 0.717) is 12.4 Å². The smallest absolute Gasteiger partial charge is 0.0867 e. The molecule has 0 bridgehead atoms. The molecule has 1 aliphatic rings. The summed E-state index contributed by atoms with van der Waals surface area (Å²) in [7, 11) is 1.61. The van der Waals surface area contributed by atoms with Gasteiger partial charge in [0.15, 0.2) is 0 Å². The third kappa shape index (κ3) is 4.98. The largest absolute Gasteiger partial charge is 0.390 e. The van der Waals surface area contributed by atoms with Gasteiger partial charge in [-0.1, -0.05) is 12.1 Å². The van der Waals surface area contributed by atoms with Crippen LogP contribution in [-0.4, -0.2) is 36.7 Å². The summed E-state index contributed by atoms with van der Waals surface area (Å²) in [6.07, 6.45) is 2.24. The Morgan fingerprint density at radius 2 is 2.33 bits per heavy atom. The first-order chi connectivity index (χ1) is 8.78. The van der Waals surface area contributed by atoms with E-state index in [1.54, 1.807) is 18.9 Å². The highest BCUT2D eigenvalue weighted by Crippen LogP contribution is 2.22. The monoisotopic (exact) mass is 267 g/mol. The first-order valence-electron chi connectivity index (χ1n) is 6.40. The number of hydrogen-bond acceptors (Lipinski definition) is 4. The highest BCUT2D eigenvalue weighted by molar-refractivity contribution is 7.99. The number of hydrogen-bond donors (Lipinski definition) is 2. The molecule has 3 nitrogen and oxygen atoms in total. The van der Waals surface area contributed by atoms with Crippen LogP contribution >= 0.6 is 11.8 Å². The zero-order valence-corrected chi connectivity index (χ0v) is 11.6. The minimum atomic E-state index is -0.395. The van der Waals surface area contributed by atoms with Crippen LogP contribution in [0.4, 0.5) is 0 Å². The van der Waals surface area contributed by atoms with Crippen LogP contribution in [0.1, 0.15) is 18.4 Å². The summed E-state index contributed by atoms with van der Waals surface area (Å²) in [6, 6.07) is 9.24. The Hall–Kier alpha value is -0.550. The van der Waals surface area contributed by atoms with E-state index in [2.05, 4.69) is 29.6 Å². The lowest BCUT2D eigenvalue weighted by Gasteiger charge is -2.10. The minimum absolute atomic E-state index is 0.395. The molecule has 1 aliphatic carbocycles. The third-order valence-corrected chi connectivity index (χ3v) is 4.01. The molecule has 2 N–H and O–H groups in total. The maximum absolute atomic E-state index is 9.61. The number of rotatable bonds is 8. The first kappa shape index (κ1) is 13.9. The number of nitrogens with one attached hydrogen (secondary N) is 1. The number of aliphatic hydroxyl groups is 1. The Balaban J connectivity index is 1.78. The van der Waals surface area contributed by atoms with E-state index < -0.39 is 6.10 Å². The molecule has 1 unspecified atom stereocenters. The van der Waals surface area contributed by atoms with Gasteiger partial charge in [-0.2, -0.15) is 0 Å². The lowest BCUT2D eigenvalue weighted by molar-refractivity contribution is 0.0794. The van der Waals surface area contributed by atoms with Gasteiger partial charge in [-0.15, -0.1) is 11.8 Å². The van der Waals surface area contributed by atoms with Crippen LogP contribution < -0.4 is 5.32 Å². The van der Waals surface area contributed by atoms with Gasteiger partial charge in [-0.05, 0) is 30.5 Å². The van der Waals surface area contributed by atoms with Gasteiger partial charge in [0.2, 0.25) is 0 Å². The van der Waals surface area contributed by atoms with Gasteiger partial charge in [0.05, 0.1) is 12.7 Å². The van der Waals surface area contributed by atoms with E-state index in [0.717, 1.165) is 12.6 Å². The number of methoxy groups -OCH3 is 1. The van der Waals surface area contributed by atoms with E-state index in [4.69, 9.17) is 4.74 Å². The van der Waals surface area contributed by atoms with Gasteiger partial charge in [-0.25, -0.2) is 0 Å². The highest BCUT2D eigenvalue weighted by atomic mass is 32.2. The molecule has 1 saturated carbocycles. The summed E-state index contributed by atoms with van der Waals surface area (Å²) in [5.74, 6) is 0.674. The summed E-state index contributed by atoms with van der Waals surface area (Å²) in [4.78, 5) is 1.21. The molecule has 0 radical (unpaired) electrons. The summed E-state index contributed by atoms with van der Waals surface area (Å²) in [6.45, 7) is 1.34. The van der Waals surface area contributed by atoms with Gasteiger partial charge in [-0.3, -0.25) is 0 Å². The van der Waals surface area contributed by atoms with E-state index in [9.17, 15) is 5.11 Å². The maximum atomic E-state index is 9.61. The van der Waals surface area contributed by atoms with Crippen molar-refractivity contribution < 1.29 is 9.84 Å². The van der Waals surface area contributed by atoms with Gasteiger partial charge >= 0.3 is 0 Å². The van der Waals surface area contributed by atoms with Crippen LogP contribution in [0.2, 0.25) is 0 Å². The Morgan fingerprint density at radius 3 is 3.06 bits per heavy atom. The van der Waals surface area contributed by atoms with Crippen molar-refractivity contribution in [1.29, 1.82) is 0 Å². The maximum Gasteiger partial charge on any atom is 0.0867 e. The van der Waals surface area contributed by atoms with Crippen LogP contribution in [0, 0.1) is 0 Å². The number of ether oxygens (including phenoxy) is 1. The number of benzene rings is 1. The Kier molecular flexibility index (Phi) is 5.50. The quantitative estimate of drug-likeness (QED) is 0.707. The molecule has 18 heavy (non-hydrogen) atoms. The van der Waals surface area contributed by atoms with Crippen LogP contribution in [0.5, 0.6) is 0 Å². The molecule has 4 heteroatoms. The van der Waals surface area contributed by atoms with E-state index in [1.807, 2.05) is 0 Å².